The van der Waals surface area contributed by atoms with Crippen molar-refractivity contribution < 1.29 is 9.53 Å². The third-order valence-corrected chi connectivity index (χ3v) is 5.05. The van der Waals surface area contributed by atoms with Crippen molar-refractivity contribution in [3.05, 3.63) is 47.2 Å². The summed E-state index contributed by atoms with van der Waals surface area (Å²) in [5, 5.41) is 20.6. The molecule has 134 valence electrons. The highest BCUT2D eigenvalue weighted by Crippen LogP contribution is 2.22. The fourth-order valence-corrected chi connectivity index (χ4v) is 3.54. The van der Waals surface area contributed by atoms with Crippen LogP contribution >= 0.6 is 11.3 Å². The highest BCUT2D eigenvalue weighted by Gasteiger charge is 2.18. The monoisotopic (exact) mass is 370 g/mol. The van der Waals surface area contributed by atoms with Crippen LogP contribution in [0.4, 0.5) is 0 Å². The topological polar surface area (TPSA) is 94.8 Å². The van der Waals surface area contributed by atoms with Crippen LogP contribution in [-0.4, -0.2) is 43.8 Å². The Morgan fingerprint density at radius 2 is 2.15 bits per heavy atom. The van der Waals surface area contributed by atoms with E-state index in [1.165, 1.54) is 11.3 Å². The Bertz CT molecular complexity index is 872. The van der Waals surface area contributed by atoms with Gasteiger partial charge in [-0.3, -0.25) is 4.79 Å². The largest absolute Gasteiger partial charge is 0.376 e. The van der Waals surface area contributed by atoms with Gasteiger partial charge in [-0.05, 0) is 12.8 Å². The van der Waals surface area contributed by atoms with Crippen LogP contribution in [0.5, 0.6) is 0 Å². The average Bonchev–Trinajstić information content (AvgIpc) is 3.43. The van der Waals surface area contributed by atoms with E-state index in [-0.39, 0.29) is 17.7 Å². The van der Waals surface area contributed by atoms with Gasteiger partial charge in [-0.1, -0.05) is 46.9 Å². The van der Waals surface area contributed by atoms with Crippen molar-refractivity contribution in [2.24, 2.45) is 0 Å². The van der Waals surface area contributed by atoms with E-state index in [2.05, 4.69) is 25.8 Å². The summed E-state index contributed by atoms with van der Waals surface area (Å²) >= 11 is 1.45. The van der Waals surface area contributed by atoms with Crippen molar-refractivity contribution in [2.75, 3.05) is 6.61 Å². The summed E-state index contributed by atoms with van der Waals surface area (Å²) in [5.74, 6) is -0.278. The molecule has 1 atom stereocenters. The minimum atomic E-state index is -0.278. The predicted octanol–water partition coefficient (Wildman–Crippen LogP) is 1.91. The van der Waals surface area contributed by atoms with Gasteiger partial charge in [0, 0.05) is 12.2 Å². The van der Waals surface area contributed by atoms with E-state index >= 15 is 0 Å². The zero-order chi connectivity index (χ0) is 17.8. The molecule has 26 heavy (non-hydrogen) atoms. The number of carbonyl (C=O) groups is 1. The molecule has 1 aliphatic heterocycles. The zero-order valence-electron chi connectivity index (χ0n) is 14.0. The Kier molecular flexibility index (Phi) is 4.98. The fraction of sp³-hybridized carbons (Fsp3) is 0.353. The normalized spacial score (nSPS) is 16.7. The van der Waals surface area contributed by atoms with Gasteiger partial charge >= 0.3 is 0 Å². The van der Waals surface area contributed by atoms with Crippen molar-refractivity contribution in [3.63, 3.8) is 0 Å². The first-order valence-corrected chi connectivity index (χ1v) is 9.27. The minimum absolute atomic E-state index is 0.158. The summed E-state index contributed by atoms with van der Waals surface area (Å²) in [6, 6.07) is 9.83. The number of hydrogen-bond acceptors (Lipinski definition) is 7. The van der Waals surface area contributed by atoms with Gasteiger partial charge in [-0.15, -0.1) is 15.3 Å². The molecular formula is C17H18N6O2S. The molecular weight excluding hydrogens is 352 g/mol. The van der Waals surface area contributed by atoms with Gasteiger partial charge in [0.05, 0.1) is 25.4 Å². The molecule has 1 unspecified atom stereocenters. The Hall–Kier alpha value is -2.65. The number of ether oxygens (including phenoxy) is 1. The summed E-state index contributed by atoms with van der Waals surface area (Å²) in [5.41, 5.74) is 1.30. The van der Waals surface area contributed by atoms with Gasteiger partial charge in [0.1, 0.15) is 10.0 Å². The molecule has 1 amide bonds. The van der Waals surface area contributed by atoms with Crippen LogP contribution in [0.25, 0.3) is 10.6 Å². The summed E-state index contributed by atoms with van der Waals surface area (Å²) in [7, 11) is 0. The molecule has 1 N–H and O–H groups in total. The maximum atomic E-state index is 12.2. The van der Waals surface area contributed by atoms with Crippen LogP contribution in [-0.2, 0) is 17.8 Å². The lowest BCUT2D eigenvalue weighted by molar-refractivity contribution is 0.0929. The number of nitrogens with zero attached hydrogens (tertiary/aromatic N) is 5. The molecule has 1 fully saturated rings. The molecule has 0 bridgehead atoms. The number of amides is 1. The smallest absolute Gasteiger partial charge is 0.273 e. The maximum Gasteiger partial charge on any atom is 0.273 e. The van der Waals surface area contributed by atoms with E-state index in [0.29, 0.717) is 13.1 Å². The van der Waals surface area contributed by atoms with Gasteiger partial charge in [0.15, 0.2) is 5.69 Å². The second-order valence-electron chi connectivity index (χ2n) is 6.01. The van der Waals surface area contributed by atoms with Crippen LogP contribution in [0.3, 0.4) is 0 Å². The quantitative estimate of drug-likeness (QED) is 0.712. The van der Waals surface area contributed by atoms with Crippen molar-refractivity contribution in [1.82, 2.24) is 30.5 Å². The molecule has 3 aromatic rings. The third kappa shape index (κ3) is 3.94. The molecule has 0 saturated carbocycles. The number of rotatable bonds is 6. The van der Waals surface area contributed by atoms with E-state index in [1.54, 1.807) is 10.9 Å². The Balaban J connectivity index is 1.32. The Labute approximate surface area is 154 Å². The lowest BCUT2D eigenvalue weighted by Gasteiger charge is -2.07. The van der Waals surface area contributed by atoms with E-state index in [0.717, 1.165) is 35.0 Å². The molecule has 1 aliphatic rings. The van der Waals surface area contributed by atoms with E-state index < -0.39 is 0 Å². The van der Waals surface area contributed by atoms with Crippen molar-refractivity contribution in [3.8, 4) is 10.6 Å². The first-order chi connectivity index (χ1) is 12.8. The third-order valence-electron chi connectivity index (χ3n) is 4.07. The van der Waals surface area contributed by atoms with Crippen molar-refractivity contribution in [2.45, 2.75) is 32.0 Å². The summed E-state index contributed by atoms with van der Waals surface area (Å²) < 4.78 is 7.22. The van der Waals surface area contributed by atoms with Gasteiger partial charge < -0.3 is 10.1 Å². The second-order valence-corrected chi connectivity index (χ2v) is 7.07. The lowest BCUT2D eigenvalue weighted by Crippen LogP contribution is -2.23. The van der Waals surface area contributed by atoms with Crippen LogP contribution in [0.15, 0.2) is 36.5 Å². The molecule has 4 rings (SSSR count). The van der Waals surface area contributed by atoms with E-state index in [9.17, 15) is 4.79 Å². The minimum Gasteiger partial charge on any atom is -0.376 e. The first-order valence-electron chi connectivity index (χ1n) is 8.45. The standard InChI is InChI=1S/C17H18N6O2S/c24-16(14-11-23(22-19-14)10-13-7-4-8-25-13)18-9-15-20-21-17(26-15)12-5-2-1-3-6-12/h1-3,5-6,11,13H,4,7-10H2,(H,18,24). The number of carbonyl (C=O) groups excluding carboxylic acids is 1. The van der Waals surface area contributed by atoms with Gasteiger partial charge in [0.25, 0.3) is 5.91 Å². The number of nitrogens with one attached hydrogen (secondary N) is 1. The second kappa shape index (κ2) is 7.71. The SMILES string of the molecule is O=C(NCc1nnc(-c2ccccc2)s1)c1cn(CC2CCCO2)nn1. The maximum absolute atomic E-state index is 12.2. The number of benzene rings is 1. The summed E-state index contributed by atoms with van der Waals surface area (Å²) in [4.78, 5) is 12.2. The van der Waals surface area contributed by atoms with Crippen LogP contribution in [0.2, 0.25) is 0 Å². The average molecular weight is 370 g/mol. The van der Waals surface area contributed by atoms with Crippen LogP contribution in [0, 0.1) is 0 Å². The fourth-order valence-electron chi connectivity index (χ4n) is 2.76. The van der Waals surface area contributed by atoms with Gasteiger partial charge in [-0.2, -0.15) is 0 Å². The van der Waals surface area contributed by atoms with Gasteiger partial charge in [0.2, 0.25) is 0 Å². The van der Waals surface area contributed by atoms with Gasteiger partial charge in [-0.25, -0.2) is 4.68 Å². The van der Waals surface area contributed by atoms with Crippen molar-refractivity contribution >= 4 is 17.2 Å². The molecule has 0 spiro atoms. The molecule has 8 nitrogen and oxygen atoms in total. The Morgan fingerprint density at radius 1 is 1.27 bits per heavy atom. The molecule has 1 aromatic carbocycles. The molecule has 9 heteroatoms. The van der Waals surface area contributed by atoms with E-state index in [1.807, 2.05) is 30.3 Å². The molecule has 1 saturated heterocycles. The predicted molar refractivity (Wildman–Crippen MR) is 95.5 cm³/mol. The highest BCUT2D eigenvalue weighted by atomic mass is 32.1. The first kappa shape index (κ1) is 16.8. The Morgan fingerprint density at radius 3 is 2.96 bits per heavy atom. The van der Waals surface area contributed by atoms with Crippen molar-refractivity contribution in [1.29, 1.82) is 0 Å². The summed E-state index contributed by atoms with van der Waals surface area (Å²) in [6.45, 7) is 1.72. The zero-order valence-corrected chi connectivity index (χ0v) is 14.9. The number of hydrogen-bond donors (Lipinski definition) is 1. The molecule has 2 aromatic heterocycles. The van der Waals surface area contributed by atoms with Crippen LogP contribution < -0.4 is 5.32 Å². The number of aromatic nitrogens is 5. The van der Waals surface area contributed by atoms with E-state index in [4.69, 9.17) is 4.74 Å². The summed E-state index contributed by atoms with van der Waals surface area (Å²) in [6.07, 6.45) is 3.89. The molecule has 0 aliphatic carbocycles. The highest BCUT2D eigenvalue weighted by molar-refractivity contribution is 7.14. The molecule has 0 radical (unpaired) electrons. The van der Waals surface area contributed by atoms with Crippen LogP contribution in [0.1, 0.15) is 28.3 Å². The lowest BCUT2D eigenvalue weighted by atomic mass is 10.2. The molecule has 3 heterocycles.